The van der Waals surface area contributed by atoms with Gasteiger partial charge in [0.2, 0.25) is 0 Å². The highest BCUT2D eigenvalue weighted by Crippen LogP contribution is 2.12. The number of rotatable bonds is 6. The quantitative estimate of drug-likeness (QED) is 0.570. The number of nitrogens with zero attached hydrogens (tertiary/aromatic N) is 1. The molecular weight excluding hydrogens is 226 g/mol. The average Bonchev–Trinajstić information content (AvgIpc) is 2.33. The van der Waals surface area contributed by atoms with Gasteiger partial charge in [-0.25, -0.2) is 0 Å². The third-order valence-corrected chi connectivity index (χ3v) is 2.61. The van der Waals surface area contributed by atoms with Gasteiger partial charge in [0.25, 0.3) is 0 Å². The van der Waals surface area contributed by atoms with Crippen LogP contribution in [0.25, 0.3) is 6.08 Å². The van der Waals surface area contributed by atoms with Crippen molar-refractivity contribution in [2.75, 3.05) is 34.8 Å². The number of quaternary nitrogens is 1. The van der Waals surface area contributed by atoms with Crippen molar-refractivity contribution in [2.24, 2.45) is 0 Å². The fourth-order valence-corrected chi connectivity index (χ4v) is 1.43. The molecule has 0 bridgehead atoms. The lowest BCUT2D eigenvalue weighted by Crippen LogP contribution is -2.36. The molecule has 1 aromatic carbocycles. The molecule has 0 aliphatic carbocycles. The molecule has 3 heteroatoms. The predicted molar refractivity (Wildman–Crippen MR) is 74.6 cm³/mol. The Labute approximate surface area is 109 Å². The van der Waals surface area contributed by atoms with E-state index in [2.05, 4.69) is 21.1 Å². The van der Waals surface area contributed by atoms with Crippen LogP contribution in [0.3, 0.4) is 0 Å². The Kier molecular flexibility index (Phi) is 5.10. The van der Waals surface area contributed by atoms with Crippen molar-refractivity contribution in [1.82, 2.24) is 0 Å². The third-order valence-electron chi connectivity index (χ3n) is 2.61. The van der Waals surface area contributed by atoms with Crippen molar-refractivity contribution in [2.45, 2.75) is 6.42 Å². The highest BCUT2D eigenvalue weighted by molar-refractivity contribution is 5.93. The Morgan fingerprint density at radius 3 is 2.33 bits per heavy atom. The van der Waals surface area contributed by atoms with Crippen LogP contribution in [0, 0.1) is 0 Å². The summed E-state index contributed by atoms with van der Waals surface area (Å²) >= 11 is 0. The molecule has 0 spiro atoms. The minimum Gasteiger partial charge on any atom is -0.497 e. The van der Waals surface area contributed by atoms with Crippen LogP contribution in [-0.4, -0.2) is 45.1 Å². The molecule has 3 nitrogen and oxygen atoms in total. The number of allylic oxidation sites excluding steroid dienone is 1. The van der Waals surface area contributed by atoms with Crippen molar-refractivity contribution in [3.63, 3.8) is 0 Å². The van der Waals surface area contributed by atoms with Crippen molar-refractivity contribution in [3.05, 3.63) is 35.9 Å². The van der Waals surface area contributed by atoms with Crippen LogP contribution < -0.4 is 4.74 Å². The van der Waals surface area contributed by atoms with E-state index in [9.17, 15) is 4.79 Å². The second-order valence-corrected chi connectivity index (χ2v) is 5.34. The molecule has 0 N–H and O–H groups in total. The van der Waals surface area contributed by atoms with Gasteiger partial charge >= 0.3 is 0 Å². The summed E-state index contributed by atoms with van der Waals surface area (Å²) in [6, 6.07) is 7.64. The van der Waals surface area contributed by atoms with Crippen LogP contribution in [0.15, 0.2) is 30.3 Å². The van der Waals surface area contributed by atoms with Gasteiger partial charge in [-0.05, 0) is 23.8 Å². The number of benzene rings is 1. The fourth-order valence-electron chi connectivity index (χ4n) is 1.43. The van der Waals surface area contributed by atoms with Crippen LogP contribution in [0.1, 0.15) is 12.0 Å². The molecule has 0 radical (unpaired) electrons. The molecule has 0 amide bonds. The number of ketones is 1. The lowest BCUT2D eigenvalue weighted by atomic mass is 10.1. The molecule has 98 valence electrons. The molecule has 1 rings (SSSR count). The minimum absolute atomic E-state index is 0.166. The van der Waals surface area contributed by atoms with E-state index in [0.717, 1.165) is 22.3 Å². The number of methoxy groups -OCH3 is 1. The van der Waals surface area contributed by atoms with Crippen LogP contribution in [-0.2, 0) is 4.79 Å². The highest BCUT2D eigenvalue weighted by atomic mass is 16.5. The van der Waals surface area contributed by atoms with Gasteiger partial charge in [-0.2, -0.15) is 0 Å². The smallest absolute Gasteiger partial charge is 0.161 e. The standard InChI is InChI=1S/C15H22NO2/c1-16(2,3)12-11-14(17)8-5-13-6-9-15(18-4)10-7-13/h5-10H,11-12H2,1-4H3/q+1/b8-5+. The molecule has 0 aromatic heterocycles. The molecule has 0 aliphatic rings. The van der Waals surface area contributed by atoms with Crippen molar-refractivity contribution in [3.8, 4) is 5.75 Å². The number of hydrogen-bond donors (Lipinski definition) is 0. The molecule has 0 saturated carbocycles. The van der Waals surface area contributed by atoms with Gasteiger partial charge in [0, 0.05) is 0 Å². The summed E-state index contributed by atoms with van der Waals surface area (Å²) in [5.74, 6) is 0.988. The lowest BCUT2D eigenvalue weighted by Gasteiger charge is -2.22. The molecule has 0 saturated heterocycles. The Morgan fingerprint density at radius 2 is 1.83 bits per heavy atom. The van der Waals surface area contributed by atoms with Gasteiger partial charge in [0.05, 0.1) is 41.2 Å². The Balaban J connectivity index is 2.50. The molecule has 0 heterocycles. The number of hydrogen-bond acceptors (Lipinski definition) is 2. The van der Waals surface area contributed by atoms with Gasteiger partial charge < -0.3 is 9.22 Å². The maximum atomic E-state index is 11.7. The molecule has 0 unspecified atom stereocenters. The Hall–Kier alpha value is -1.61. The average molecular weight is 248 g/mol. The molecular formula is C15H22NO2+. The zero-order valence-corrected chi connectivity index (χ0v) is 11.6. The summed E-state index contributed by atoms with van der Waals surface area (Å²) in [4.78, 5) is 11.7. The van der Waals surface area contributed by atoms with E-state index in [-0.39, 0.29) is 5.78 Å². The largest absolute Gasteiger partial charge is 0.497 e. The van der Waals surface area contributed by atoms with Crippen LogP contribution in [0.2, 0.25) is 0 Å². The maximum Gasteiger partial charge on any atom is 0.161 e. The minimum atomic E-state index is 0.166. The predicted octanol–water partition coefficient (Wildman–Crippen LogP) is 2.37. The first-order valence-electron chi connectivity index (χ1n) is 6.06. The van der Waals surface area contributed by atoms with Crippen molar-refractivity contribution < 1.29 is 14.0 Å². The van der Waals surface area contributed by atoms with Crippen LogP contribution in [0.4, 0.5) is 0 Å². The van der Waals surface area contributed by atoms with E-state index in [1.807, 2.05) is 30.3 Å². The van der Waals surface area contributed by atoms with Gasteiger partial charge in [-0.3, -0.25) is 4.79 Å². The van der Waals surface area contributed by atoms with E-state index < -0.39 is 0 Å². The van der Waals surface area contributed by atoms with E-state index in [1.54, 1.807) is 13.2 Å². The molecule has 0 fully saturated rings. The normalized spacial score (nSPS) is 11.8. The fraction of sp³-hybridized carbons (Fsp3) is 0.400. The first kappa shape index (κ1) is 14.5. The first-order valence-corrected chi connectivity index (χ1v) is 6.06. The summed E-state index contributed by atoms with van der Waals surface area (Å²) in [6.07, 6.45) is 4.07. The number of carbonyl (C=O) groups excluding carboxylic acids is 1. The lowest BCUT2D eigenvalue weighted by molar-refractivity contribution is -0.869. The molecule has 18 heavy (non-hydrogen) atoms. The zero-order valence-electron chi connectivity index (χ0n) is 11.6. The van der Waals surface area contributed by atoms with Crippen LogP contribution >= 0.6 is 0 Å². The first-order chi connectivity index (χ1) is 8.40. The van der Waals surface area contributed by atoms with E-state index in [1.165, 1.54) is 0 Å². The van der Waals surface area contributed by atoms with Gasteiger partial charge in [-0.1, -0.05) is 18.2 Å². The zero-order chi connectivity index (χ0) is 13.6. The van der Waals surface area contributed by atoms with Crippen molar-refractivity contribution in [1.29, 1.82) is 0 Å². The number of carbonyl (C=O) groups is 1. The summed E-state index contributed by atoms with van der Waals surface area (Å²) in [6.45, 7) is 0.853. The summed E-state index contributed by atoms with van der Waals surface area (Å²) in [5.41, 5.74) is 1.01. The van der Waals surface area contributed by atoms with E-state index in [4.69, 9.17) is 4.74 Å². The summed E-state index contributed by atoms with van der Waals surface area (Å²) in [7, 11) is 7.89. The van der Waals surface area contributed by atoms with Crippen molar-refractivity contribution >= 4 is 11.9 Å². The molecule has 1 aromatic rings. The third kappa shape index (κ3) is 5.64. The highest BCUT2D eigenvalue weighted by Gasteiger charge is 2.08. The summed E-state index contributed by atoms with van der Waals surface area (Å²) in [5, 5.41) is 0. The SMILES string of the molecule is COc1ccc(/C=C/C(=O)CC[N+](C)(C)C)cc1. The van der Waals surface area contributed by atoms with Gasteiger partial charge in [-0.15, -0.1) is 0 Å². The topological polar surface area (TPSA) is 26.3 Å². The van der Waals surface area contributed by atoms with Crippen LogP contribution in [0.5, 0.6) is 5.75 Å². The Morgan fingerprint density at radius 1 is 1.22 bits per heavy atom. The Bertz CT molecular complexity index is 413. The van der Waals surface area contributed by atoms with E-state index >= 15 is 0 Å². The summed E-state index contributed by atoms with van der Waals surface area (Å²) < 4.78 is 5.89. The second kappa shape index (κ2) is 6.36. The second-order valence-electron chi connectivity index (χ2n) is 5.34. The maximum absolute atomic E-state index is 11.7. The van der Waals surface area contributed by atoms with E-state index in [0.29, 0.717) is 6.42 Å². The van der Waals surface area contributed by atoms with Gasteiger partial charge in [0.1, 0.15) is 5.75 Å². The van der Waals surface area contributed by atoms with Gasteiger partial charge in [0.15, 0.2) is 5.78 Å². The molecule has 0 aliphatic heterocycles. The monoisotopic (exact) mass is 248 g/mol. The molecule has 0 atom stereocenters. The number of ether oxygens (including phenoxy) is 1.